The third-order valence-electron chi connectivity index (χ3n) is 3.09. The normalized spacial score (nSPS) is 39.8. The van der Waals surface area contributed by atoms with Crippen molar-refractivity contribution < 1.29 is 18.4 Å². The van der Waals surface area contributed by atoms with Crippen LogP contribution >= 0.6 is 0 Å². The van der Waals surface area contributed by atoms with E-state index in [-0.39, 0.29) is 17.5 Å². The summed E-state index contributed by atoms with van der Waals surface area (Å²) in [5.74, 6) is 0.157. The summed E-state index contributed by atoms with van der Waals surface area (Å²) in [5, 5.41) is 9.58. The highest BCUT2D eigenvalue weighted by Gasteiger charge is 2.43. The summed E-state index contributed by atoms with van der Waals surface area (Å²) >= 11 is 0. The Morgan fingerprint density at radius 1 is 1.15 bits per heavy atom. The second-order valence-electron chi connectivity index (χ2n) is 4.12. The van der Waals surface area contributed by atoms with Crippen molar-refractivity contribution in [1.82, 2.24) is 0 Å². The molecule has 2 heterocycles. The summed E-state index contributed by atoms with van der Waals surface area (Å²) in [7, 11) is -2.95. The Morgan fingerprint density at radius 3 is 2.23 bits per heavy atom. The Hall–Kier alpha value is -0.130. The molecule has 2 saturated heterocycles. The molecule has 0 aromatic heterocycles. The third kappa shape index (κ3) is 1.87. The number of hydrogen-bond donors (Lipinski definition) is 2. The predicted molar refractivity (Wildman–Crippen MR) is 48.4 cm³/mol. The molecule has 2 fully saturated rings. The largest absolute Gasteiger partial charge is 0.386 e. The molecule has 2 rings (SSSR count). The van der Waals surface area contributed by atoms with Gasteiger partial charge in [-0.15, -0.1) is 0 Å². The third-order valence-corrected chi connectivity index (χ3v) is 4.81. The first kappa shape index (κ1) is 9.43. The summed E-state index contributed by atoms with van der Waals surface area (Å²) in [6.45, 7) is 2.05. The van der Waals surface area contributed by atoms with Gasteiger partial charge in [0.25, 0.3) is 0 Å². The van der Waals surface area contributed by atoms with Crippen LogP contribution in [0, 0.1) is 0 Å². The van der Waals surface area contributed by atoms with Crippen LogP contribution in [0.15, 0.2) is 0 Å². The molecule has 0 aromatic carbocycles. The van der Waals surface area contributed by atoms with E-state index in [4.69, 9.17) is 0 Å². The molecule has 76 valence electrons. The molecular formula is C8H16NO3S+. The van der Waals surface area contributed by atoms with Crippen molar-refractivity contribution in [2.45, 2.75) is 25.0 Å². The molecule has 0 unspecified atom stereocenters. The van der Waals surface area contributed by atoms with Gasteiger partial charge in [-0.05, 0) is 0 Å². The molecule has 2 atom stereocenters. The first-order valence-electron chi connectivity index (χ1n) is 4.81. The van der Waals surface area contributed by atoms with Crippen molar-refractivity contribution in [2.24, 2.45) is 0 Å². The van der Waals surface area contributed by atoms with Gasteiger partial charge in [-0.3, -0.25) is 0 Å². The average molecular weight is 206 g/mol. The maximum Gasteiger partial charge on any atom is 0.159 e. The molecule has 2 N–H and O–H groups in total. The van der Waals surface area contributed by atoms with E-state index in [0.717, 1.165) is 13.1 Å². The highest BCUT2D eigenvalue weighted by Crippen LogP contribution is 2.11. The van der Waals surface area contributed by atoms with E-state index < -0.39 is 15.9 Å². The molecule has 0 spiro atoms. The molecule has 2 aliphatic rings. The predicted octanol–water partition coefficient (Wildman–Crippen LogP) is -2.18. The van der Waals surface area contributed by atoms with E-state index in [9.17, 15) is 13.5 Å². The number of aliphatic hydroxyl groups excluding tert-OH is 1. The molecule has 0 radical (unpaired) electrons. The molecule has 4 nitrogen and oxygen atoms in total. The fourth-order valence-corrected chi connectivity index (χ4v) is 4.31. The van der Waals surface area contributed by atoms with Crippen LogP contribution in [-0.2, 0) is 9.84 Å². The topological polar surface area (TPSA) is 58.8 Å². The lowest BCUT2D eigenvalue weighted by molar-refractivity contribution is -0.913. The van der Waals surface area contributed by atoms with Crippen LogP contribution in [0.2, 0.25) is 0 Å². The first-order chi connectivity index (χ1) is 6.08. The van der Waals surface area contributed by atoms with Gasteiger partial charge in [-0.1, -0.05) is 0 Å². The van der Waals surface area contributed by atoms with Crippen LogP contribution < -0.4 is 4.90 Å². The molecule has 0 aromatic rings. The van der Waals surface area contributed by atoms with Gasteiger partial charge in [-0.2, -0.15) is 0 Å². The van der Waals surface area contributed by atoms with E-state index in [2.05, 4.69) is 0 Å². The molecule has 0 amide bonds. The lowest BCUT2D eigenvalue weighted by atomic mass is 10.2. The minimum absolute atomic E-state index is 0.0266. The Bertz CT molecular complexity index is 282. The molecular weight excluding hydrogens is 190 g/mol. The van der Waals surface area contributed by atoms with Crippen LogP contribution in [0.25, 0.3) is 0 Å². The van der Waals surface area contributed by atoms with Crippen molar-refractivity contribution in [1.29, 1.82) is 0 Å². The maximum atomic E-state index is 11.2. The number of nitrogens with one attached hydrogen (secondary N) is 1. The van der Waals surface area contributed by atoms with Crippen molar-refractivity contribution in [3.8, 4) is 0 Å². The lowest BCUT2D eigenvalue weighted by Crippen LogP contribution is -3.15. The summed E-state index contributed by atoms with van der Waals surface area (Å²) in [4.78, 5) is 1.29. The first-order valence-corrected chi connectivity index (χ1v) is 6.64. The molecule has 0 saturated carbocycles. The van der Waals surface area contributed by atoms with Crippen LogP contribution in [0.1, 0.15) is 12.8 Å². The summed E-state index contributed by atoms with van der Waals surface area (Å²) in [6, 6.07) is -0.0486. The second-order valence-corrected chi connectivity index (χ2v) is 6.27. The van der Waals surface area contributed by atoms with Gasteiger partial charge in [0, 0.05) is 12.8 Å². The zero-order chi connectivity index (χ0) is 9.47. The van der Waals surface area contributed by atoms with Crippen LogP contribution in [0.4, 0.5) is 0 Å². The maximum absolute atomic E-state index is 11.2. The monoisotopic (exact) mass is 206 g/mol. The highest BCUT2D eigenvalue weighted by atomic mass is 32.2. The van der Waals surface area contributed by atoms with Gasteiger partial charge < -0.3 is 10.0 Å². The number of aliphatic hydroxyl groups is 1. The number of likely N-dealkylation sites (tertiary alicyclic amines) is 1. The number of hydrogen-bond acceptors (Lipinski definition) is 3. The van der Waals surface area contributed by atoms with Crippen LogP contribution in [0.5, 0.6) is 0 Å². The molecule has 0 aliphatic carbocycles. The number of rotatable bonds is 1. The van der Waals surface area contributed by atoms with Gasteiger partial charge in [-0.25, -0.2) is 8.42 Å². The van der Waals surface area contributed by atoms with E-state index >= 15 is 0 Å². The summed E-state index contributed by atoms with van der Waals surface area (Å²) in [6.07, 6.45) is 1.70. The Kier molecular flexibility index (Phi) is 2.33. The van der Waals surface area contributed by atoms with Gasteiger partial charge in [0.05, 0.1) is 18.8 Å². The molecule has 2 aliphatic heterocycles. The van der Waals surface area contributed by atoms with Gasteiger partial charge in [0.15, 0.2) is 9.84 Å². The summed E-state index contributed by atoms with van der Waals surface area (Å²) < 4.78 is 22.5. The van der Waals surface area contributed by atoms with Crippen molar-refractivity contribution in [2.75, 3.05) is 24.6 Å². The standard InChI is InChI=1S/C8H15NO3S/c10-8-6-13(11,12)5-7(8)9-3-1-2-4-9/h7-8,10H,1-6H2/p+1/t7-,8+/m0/s1. The van der Waals surface area contributed by atoms with Crippen LogP contribution in [-0.4, -0.2) is 50.3 Å². The van der Waals surface area contributed by atoms with Crippen molar-refractivity contribution in [3.63, 3.8) is 0 Å². The fourth-order valence-electron chi connectivity index (χ4n) is 2.42. The second kappa shape index (κ2) is 3.22. The zero-order valence-electron chi connectivity index (χ0n) is 7.57. The molecule has 5 heteroatoms. The smallest absolute Gasteiger partial charge is 0.159 e. The lowest BCUT2D eigenvalue weighted by Gasteiger charge is -2.21. The van der Waals surface area contributed by atoms with Gasteiger partial charge in [0.2, 0.25) is 0 Å². The number of quaternary nitrogens is 1. The Balaban J connectivity index is 2.08. The Morgan fingerprint density at radius 2 is 1.77 bits per heavy atom. The fraction of sp³-hybridized carbons (Fsp3) is 1.00. The highest BCUT2D eigenvalue weighted by molar-refractivity contribution is 7.91. The number of sulfone groups is 1. The Labute approximate surface area is 78.5 Å². The minimum Gasteiger partial charge on any atom is -0.386 e. The van der Waals surface area contributed by atoms with Gasteiger partial charge in [0.1, 0.15) is 17.9 Å². The minimum atomic E-state index is -2.95. The molecule has 13 heavy (non-hydrogen) atoms. The molecule has 0 bridgehead atoms. The van der Waals surface area contributed by atoms with Crippen molar-refractivity contribution >= 4 is 9.84 Å². The SMILES string of the molecule is O=S1(=O)C[C@@H](O)[C@@H]([NH+]2CCCC2)C1. The van der Waals surface area contributed by atoms with E-state index in [1.807, 2.05) is 0 Å². The van der Waals surface area contributed by atoms with E-state index in [1.165, 1.54) is 17.7 Å². The zero-order valence-corrected chi connectivity index (χ0v) is 8.39. The van der Waals surface area contributed by atoms with E-state index in [1.54, 1.807) is 0 Å². The van der Waals surface area contributed by atoms with Crippen LogP contribution in [0.3, 0.4) is 0 Å². The van der Waals surface area contributed by atoms with E-state index in [0.29, 0.717) is 0 Å². The summed E-state index contributed by atoms with van der Waals surface area (Å²) in [5.41, 5.74) is 0. The quantitative estimate of drug-likeness (QED) is 0.513. The average Bonchev–Trinajstić information content (AvgIpc) is 2.56. The van der Waals surface area contributed by atoms with Crippen molar-refractivity contribution in [3.05, 3.63) is 0 Å². The van der Waals surface area contributed by atoms with Gasteiger partial charge >= 0.3 is 0 Å².